The van der Waals surface area contributed by atoms with Gasteiger partial charge in [-0.2, -0.15) is 0 Å². The zero-order valence-corrected chi connectivity index (χ0v) is 26.8. The van der Waals surface area contributed by atoms with Gasteiger partial charge < -0.3 is 9.84 Å². The maximum atomic E-state index is 14.7. The summed E-state index contributed by atoms with van der Waals surface area (Å²) in [5, 5.41) is 12.2. The van der Waals surface area contributed by atoms with Gasteiger partial charge in [-0.15, -0.1) is 0 Å². The van der Waals surface area contributed by atoms with E-state index < -0.39 is 27.3 Å². The number of hydrogen-bond donors (Lipinski definition) is 1. The molecule has 1 N–H and O–H groups in total. The Balaban J connectivity index is 1.63. The van der Waals surface area contributed by atoms with Crippen molar-refractivity contribution in [1.29, 1.82) is 0 Å². The number of hydrogen-bond acceptors (Lipinski definition) is 6. The molecule has 1 atom stereocenters. The van der Waals surface area contributed by atoms with Crippen LogP contribution in [0, 0.1) is 6.92 Å². The van der Waals surface area contributed by atoms with Crippen LogP contribution in [-0.4, -0.2) is 30.1 Å². The van der Waals surface area contributed by atoms with E-state index in [-0.39, 0.29) is 28.2 Å². The molecule has 0 bridgehead atoms. The summed E-state index contributed by atoms with van der Waals surface area (Å²) in [5.41, 5.74) is 1.79. The van der Waals surface area contributed by atoms with Crippen molar-refractivity contribution in [1.82, 2.24) is 4.98 Å². The minimum atomic E-state index is -4.46. The highest BCUT2D eigenvalue weighted by molar-refractivity contribution is 7.93. The second kappa shape index (κ2) is 12.1. The smallest absolute Gasteiger partial charge is 0.360 e. The number of anilines is 1. The molecule has 3 aromatic carbocycles. The number of esters is 1. The Morgan fingerprint density at radius 2 is 1.61 bits per heavy atom. The number of aliphatic hydroxyl groups excluding tert-OH is 1. The molecule has 4 aromatic rings. The second-order valence-electron chi connectivity index (χ2n) is 12.6. The van der Waals surface area contributed by atoms with E-state index in [1.807, 2.05) is 56.3 Å². The van der Waals surface area contributed by atoms with E-state index >= 15 is 0 Å². The van der Waals surface area contributed by atoms with E-state index in [2.05, 4.69) is 20.8 Å². The molecule has 1 aliphatic rings. The van der Waals surface area contributed by atoms with Gasteiger partial charge in [-0.1, -0.05) is 94.8 Å². The van der Waals surface area contributed by atoms with E-state index in [9.17, 15) is 18.3 Å². The van der Waals surface area contributed by atoms with Crippen LogP contribution >= 0.6 is 0 Å². The normalized spacial score (nSPS) is 17.5. The number of cyclic esters (lactones) is 1. The summed E-state index contributed by atoms with van der Waals surface area (Å²) in [5.74, 6) is -1.18. The molecule has 0 aliphatic carbocycles. The zero-order chi connectivity index (χ0) is 31.7. The van der Waals surface area contributed by atoms with E-state index in [0.29, 0.717) is 30.2 Å². The lowest BCUT2D eigenvalue weighted by molar-refractivity contribution is -0.160. The van der Waals surface area contributed by atoms with Crippen molar-refractivity contribution in [3.8, 4) is 0 Å². The first-order valence-electron chi connectivity index (χ1n) is 15.1. The highest BCUT2D eigenvalue weighted by Crippen LogP contribution is 2.41. The Morgan fingerprint density at radius 1 is 0.955 bits per heavy atom. The van der Waals surface area contributed by atoms with Crippen LogP contribution < -0.4 is 4.31 Å². The van der Waals surface area contributed by atoms with Crippen LogP contribution in [0.15, 0.2) is 101 Å². The fourth-order valence-electron chi connectivity index (χ4n) is 6.14. The lowest BCUT2D eigenvalue weighted by Crippen LogP contribution is -2.46. The average molecular weight is 613 g/mol. The molecule has 2 heterocycles. The highest BCUT2D eigenvalue weighted by Gasteiger charge is 2.46. The number of carbonyl (C=O) groups excluding carboxylic acids is 1. The molecule has 7 nitrogen and oxygen atoms in total. The quantitative estimate of drug-likeness (QED) is 0.193. The van der Waals surface area contributed by atoms with Crippen LogP contribution in [0.3, 0.4) is 0 Å². The average Bonchev–Trinajstić information content (AvgIpc) is 2.98. The number of benzene rings is 3. The monoisotopic (exact) mass is 612 g/mol. The summed E-state index contributed by atoms with van der Waals surface area (Å²) >= 11 is 0. The van der Waals surface area contributed by atoms with Gasteiger partial charge in [0.2, 0.25) is 0 Å². The largest absolute Gasteiger partial charge is 0.510 e. The third-order valence-corrected chi connectivity index (χ3v) is 9.96. The molecule has 0 fully saturated rings. The Labute approximate surface area is 260 Å². The van der Waals surface area contributed by atoms with Gasteiger partial charge in [0.25, 0.3) is 10.0 Å². The SMILES string of the molecule is CCCC1(CCc2ccccc2)CC(O)=C(N(c2ccccc2)S(=O)(=O)c2cccc3cc(C(C)(C)C)c(C)nc23)C(=O)O1. The summed E-state index contributed by atoms with van der Waals surface area (Å²) in [7, 11) is -4.46. The van der Waals surface area contributed by atoms with E-state index in [1.54, 1.807) is 36.4 Å². The Bertz CT molecular complexity index is 1810. The Morgan fingerprint density at radius 3 is 2.23 bits per heavy atom. The van der Waals surface area contributed by atoms with E-state index in [4.69, 9.17) is 9.72 Å². The lowest BCUT2D eigenvalue weighted by Gasteiger charge is -2.39. The number of carbonyl (C=O) groups is 1. The van der Waals surface area contributed by atoms with Crippen LogP contribution in [0.2, 0.25) is 0 Å². The van der Waals surface area contributed by atoms with Gasteiger partial charge in [0.1, 0.15) is 16.3 Å². The third kappa shape index (κ3) is 6.09. The first-order chi connectivity index (χ1) is 20.9. The van der Waals surface area contributed by atoms with Crippen LogP contribution in [0.25, 0.3) is 10.9 Å². The van der Waals surface area contributed by atoms with Crippen molar-refractivity contribution in [2.45, 2.75) is 82.6 Å². The number of aromatic nitrogens is 1. The van der Waals surface area contributed by atoms with E-state index in [1.165, 1.54) is 6.07 Å². The molecule has 1 unspecified atom stereocenters. The molecule has 0 saturated heterocycles. The van der Waals surface area contributed by atoms with Crippen LogP contribution in [0.1, 0.15) is 70.2 Å². The number of ether oxygens (including phenoxy) is 1. The maximum Gasteiger partial charge on any atom is 0.360 e. The molecule has 0 saturated carbocycles. The van der Waals surface area contributed by atoms with Gasteiger partial charge in [0.05, 0.1) is 11.2 Å². The number of aliphatic hydroxyl groups is 1. The predicted molar refractivity (Wildman–Crippen MR) is 174 cm³/mol. The number of aryl methyl sites for hydroxylation is 2. The standard InChI is InChI=1S/C36H40N2O5S/c1-6-21-36(22-20-26-14-9-7-10-15-26)24-30(39)33(34(40)43-36)38(28-17-11-8-12-18-28)44(41,42)31-19-13-16-27-23-29(35(3,4)5)25(2)37-32(27)31/h7-19,23,39H,6,20-22,24H2,1-5H3. The first kappa shape index (κ1) is 31.3. The molecule has 1 aromatic heterocycles. The fraction of sp³-hybridized carbons (Fsp3) is 0.333. The number of sulfonamides is 1. The zero-order valence-electron chi connectivity index (χ0n) is 26.0. The lowest BCUT2D eigenvalue weighted by atomic mass is 9.84. The fourth-order valence-corrected chi connectivity index (χ4v) is 7.82. The predicted octanol–water partition coefficient (Wildman–Crippen LogP) is 7.92. The van der Waals surface area contributed by atoms with E-state index in [0.717, 1.165) is 27.5 Å². The topological polar surface area (TPSA) is 96.8 Å². The van der Waals surface area contributed by atoms with Crippen molar-refractivity contribution >= 4 is 32.6 Å². The molecule has 44 heavy (non-hydrogen) atoms. The Hall–Kier alpha value is -4.17. The van der Waals surface area contributed by atoms with Crippen molar-refractivity contribution in [2.75, 3.05) is 4.31 Å². The molecular weight excluding hydrogens is 572 g/mol. The molecule has 0 spiro atoms. The first-order valence-corrected chi connectivity index (χ1v) is 16.5. The third-order valence-electron chi connectivity index (χ3n) is 8.20. The molecule has 230 valence electrons. The number of nitrogens with zero attached hydrogens (tertiary/aromatic N) is 2. The van der Waals surface area contributed by atoms with Crippen LogP contribution in [-0.2, 0) is 31.4 Å². The van der Waals surface area contributed by atoms with Gasteiger partial charge >= 0.3 is 5.97 Å². The van der Waals surface area contributed by atoms with Crippen LogP contribution in [0.5, 0.6) is 0 Å². The minimum Gasteiger partial charge on any atom is -0.510 e. The minimum absolute atomic E-state index is 0.00936. The summed E-state index contributed by atoms with van der Waals surface area (Å²) in [6.07, 6.45) is 2.41. The van der Waals surface area contributed by atoms with Crippen LogP contribution in [0.4, 0.5) is 5.69 Å². The number of fused-ring (bicyclic) bond motifs is 1. The summed E-state index contributed by atoms with van der Waals surface area (Å²) in [6.45, 7) is 10.1. The van der Waals surface area contributed by atoms with Gasteiger partial charge in [0, 0.05) is 17.5 Å². The number of para-hydroxylation sites is 2. The second-order valence-corrected chi connectivity index (χ2v) is 14.3. The maximum absolute atomic E-state index is 14.7. The van der Waals surface area contributed by atoms with Gasteiger partial charge in [-0.3, -0.25) is 4.98 Å². The molecule has 0 radical (unpaired) electrons. The Kier molecular flexibility index (Phi) is 8.58. The summed E-state index contributed by atoms with van der Waals surface area (Å²) in [6, 6.07) is 25.2. The van der Waals surface area contributed by atoms with Gasteiger partial charge in [0.15, 0.2) is 5.70 Å². The summed E-state index contributed by atoms with van der Waals surface area (Å²) in [4.78, 5) is 18.6. The highest BCUT2D eigenvalue weighted by atomic mass is 32.2. The van der Waals surface area contributed by atoms with Crippen molar-refractivity contribution in [3.05, 3.63) is 113 Å². The summed E-state index contributed by atoms with van der Waals surface area (Å²) < 4.78 is 36.4. The number of pyridine rings is 1. The molecule has 0 amide bonds. The van der Waals surface area contributed by atoms with Gasteiger partial charge in [-0.25, -0.2) is 17.5 Å². The van der Waals surface area contributed by atoms with Gasteiger partial charge in [-0.05, 0) is 67.0 Å². The molecule has 1 aliphatic heterocycles. The molecule has 5 rings (SSSR count). The van der Waals surface area contributed by atoms with Crippen molar-refractivity contribution in [3.63, 3.8) is 0 Å². The molecular formula is C36H40N2O5S. The van der Waals surface area contributed by atoms with Crippen molar-refractivity contribution < 1.29 is 23.1 Å². The molecule has 8 heteroatoms. The number of rotatable bonds is 9. The van der Waals surface area contributed by atoms with Crippen molar-refractivity contribution in [2.24, 2.45) is 0 Å².